The van der Waals surface area contributed by atoms with Crippen LogP contribution in [-0.2, 0) is 12.8 Å². The molecule has 0 radical (unpaired) electrons. The summed E-state index contributed by atoms with van der Waals surface area (Å²) in [5.41, 5.74) is 2.93. The molecule has 0 aromatic heterocycles. The van der Waals surface area contributed by atoms with Gasteiger partial charge >= 0.3 is 0 Å². The molecular weight excluding hydrogens is 236 g/mol. The third kappa shape index (κ3) is 2.94. The van der Waals surface area contributed by atoms with E-state index in [4.69, 9.17) is 4.74 Å². The number of hydrogen-bond acceptors (Lipinski definition) is 2. The van der Waals surface area contributed by atoms with Crippen molar-refractivity contribution in [3.05, 3.63) is 29.3 Å². The molecule has 0 saturated heterocycles. The number of aliphatic hydroxyl groups excluding tert-OH is 1. The van der Waals surface area contributed by atoms with Gasteiger partial charge in [0.15, 0.2) is 0 Å². The molecule has 2 aliphatic rings. The van der Waals surface area contributed by atoms with Gasteiger partial charge < -0.3 is 9.84 Å². The highest BCUT2D eigenvalue weighted by atomic mass is 16.5. The molecule has 3 unspecified atom stereocenters. The van der Waals surface area contributed by atoms with Gasteiger partial charge in [-0.15, -0.1) is 0 Å². The first-order valence-electron chi connectivity index (χ1n) is 7.69. The summed E-state index contributed by atoms with van der Waals surface area (Å²) in [6, 6.07) is 6.49. The first kappa shape index (κ1) is 13.0. The molecule has 19 heavy (non-hydrogen) atoms. The summed E-state index contributed by atoms with van der Waals surface area (Å²) in [5, 5.41) is 10.1. The molecule has 0 amide bonds. The average Bonchev–Trinajstić information content (AvgIpc) is 2.43. The minimum Gasteiger partial charge on any atom is -0.488 e. The maximum absolute atomic E-state index is 10.1. The Hall–Kier alpha value is -1.02. The predicted molar refractivity (Wildman–Crippen MR) is 76.5 cm³/mol. The number of hydrogen-bond donors (Lipinski definition) is 1. The van der Waals surface area contributed by atoms with Crippen LogP contribution in [0.2, 0.25) is 0 Å². The van der Waals surface area contributed by atoms with E-state index in [9.17, 15) is 5.11 Å². The molecule has 0 bridgehead atoms. The highest BCUT2D eigenvalue weighted by Gasteiger charge is 2.28. The van der Waals surface area contributed by atoms with Crippen molar-refractivity contribution in [2.75, 3.05) is 0 Å². The minimum atomic E-state index is -0.299. The van der Waals surface area contributed by atoms with Crippen molar-refractivity contribution in [3.63, 3.8) is 0 Å². The average molecular weight is 260 g/mol. The largest absolute Gasteiger partial charge is 0.488 e. The van der Waals surface area contributed by atoms with Gasteiger partial charge in [-0.3, -0.25) is 0 Å². The van der Waals surface area contributed by atoms with Crippen molar-refractivity contribution in [2.45, 2.75) is 64.1 Å². The second-order valence-corrected chi connectivity index (χ2v) is 6.28. The number of rotatable bonds is 2. The lowest BCUT2D eigenvalue weighted by Crippen LogP contribution is -2.37. The van der Waals surface area contributed by atoms with Crippen LogP contribution in [0.4, 0.5) is 0 Å². The van der Waals surface area contributed by atoms with Crippen LogP contribution < -0.4 is 4.74 Å². The normalized spacial score (nSPS) is 30.7. The second-order valence-electron chi connectivity index (χ2n) is 6.28. The molecule has 1 aromatic carbocycles. The predicted octanol–water partition coefficient (Wildman–Crippen LogP) is 3.49. The Morgan fingerprint density at radius 3 is 2.74 bits per heavy atom. The third-order valence-electron chi connectivity index (χ3n) is 4.63. The van der Waals surface area contributed by atoms with Crippen molar-refractivity contribution in [1.82, 2.24) is 0 Å². The molecule has 0 aliphatic heterocycles. The molecule has 3 atom stereocenters. The van der Waals surface area contributed by atoms with Crippen LogP contribution in [0.5, 0.6) is 5.75 Å². The lowest BCUT2D eigenvalue weighted by molar-refractivity contribution is -0.00762. The van der Waals surface area contributed by atoms with Crippen LogP contribution in [0, 0.1) is 5.92 Å². The Balaban J connectivity index is 1.72. The standard InChI is InChI=1S/C17H24O2/c1-12-6-9-16(18)17(10-12)19-15-8-7-13-4-2-3-5-14(13)11-15/h7-8,11-12,16-18H,2-6,9-10H2,1H3. The maximum Gasteiger partial charge on any atom is 0.125 e. The zero-order valence-electron chi connectivity index (χ0n) is 11.8. The Kier molecular flexibility index (Phi) is 3.79. The van der Waals surface area contributed by atoms with E-state index >= 15 is 0 Å². The molecule has 1 fully saturated rings. The first-order valence-corrected chi connectivity index (χ1v) is 7.69. The van der Waals surface area contributed by atoms with Crippen molar-refractivity contribution < 1.29 is 9.84 Å². The Labute approximate surface area is 115 Å². The number of aliphatic hydroxyl groups is 1. The Morgan fingerprint density at radius 2 is 1.89 bits per heavy atom. The van der Waals surface area contributed by atoms with E-state index in [-0.39, 0.29) is 12.2 Å². The van der Waals surface area contributed by atoms with E-state index in [0.717, 1.165) is 25.0 Å². The fraction of sp³-hybridized carbons (Fsp3) is 0.647. The van der Waals surface area contributed by atoms with E-state index < -0.39 is 0 Å². The molecule has 1 aromatic rings. The van der Waals surface area contributed by atoms with Crippen LogP contribution in [-0.4, -0.2) is 17.3 Å². The van der Waals surface area contributed by atoms with Gasteiger partial charge in [-0.1, -0.05) is 13.0 Å². The highest BCUT2D eigenvalue weighted by Crippen LogP contribution is 2.30. The fourth-order valence-electron chi connectivity index (χ4n) is 3.40. The van der Waals surface area contributed by atoms with E-state index in [2.05, 4.69) is 25.1 Å². The summed E-state index contributed by atoms with van der Waals surface area (Å²) in [6.45, 7) is 2.25. The summed E-state index contributed by atoms with van der Waals surface area (Å²) < 4.78 is 6.05. The van der Waals surface area contributed by atoms with Gasteiger partial charge in [-0.25, -0.2) is 0 Å². The third-order valence-corrected chi connectivity index (χ3v) is 4.63. The van der Waals surface area contributed by atoms with Gasteiger partial charge in [0.25, 0.3) is 0 Å². The van der Waals surface area contributed by atoms with Gasteiger partial charge in [0.05, 0.1) is 6.10 Å². The Morgan fingerprint density at radius 1 is 1.11 bits per heavy atom. The smallest absolute Gasteiger partial charge is 0.125 e. The van der Waals surface area contributed by atoms with Crippen molar-refractivity contribution >= 4 is 0 Å². The summed E-state index contributed by atoms with van der Waals surface area (Å²) in [4.78, 5) is 0. The molecule has 0 heterocycles. The molecule has 2 aliphatic carbocycles. The maximum atomic E-state index is 10.1. The molecule has 1 N–H and O–H groups in total. The summed E-state index contributed by atoms with van der Waals surface area (Å²) >= 11 is 0. The molecule has 2 heteroatoms. The van der Waals surface area contributed by atoms with Gasteiger partial charge in [0.2, 0.25) is 0 Å². The lowest BCUT2D eigenvalue weighted by atomic mass is 9.86. The zero-order valence-corrected chi connectivity index (χ0v) is 11.8. The summed E-state index contributed by atoms with van der Waals surface area (Å²) in [5.74, 6) is 1.60. The molecule has 0 spiro atoms. The van der Waals surface area contributed by atoms with E-state index in [1.54, 1.807) is 0 Å². The SMILES string of the molecule is CC1CCC(O)C(Oc2ccc3c(c2)CCCC3)C1. The molecule has 2 nitrogen and oxygen atoms in total. The lowest BCUT2D eigenvalue weighted by Gasteiger charge is -2.32. The van der Waals surface area contributed by atoms with Crippen molar-refractivity contribution in [2.24, 2.45) is 5.92 Å². The Bertz CT molecular complexity index is 441. The van der Waals surface area contributed by atoms with Gasteiger partial charge in [0.1, 0.15) is 11.9 Å². The molecule has 104 valence electrons. The van der Waals surface area contributed by atoms with Crippen molar-refractivity contribution in [1.29, 1.82) is 0 Å². The topological polar surface area (TPSA) is 29.5 Å². The monoisotopic (exact) mass is 260 g/mol. The molecular formula is C17H24O2. The van der Waals surface area contributed by atoms with Gasteiger partial charge in [-0.05, 0) is 74.1 Å². The van der Waals surface area contributed by atoms with Gasteiger partial charge in [-0.2, -0.15) is 0 Å². The number of benzene rings is 1. The number of ether oxygens (including phenoxy) is 1. The van der Waals surface area contributed by atoms with Crippen LogP contribution in [0.1, 0.15) is 50.2 Å². The fourth-order valence-corrected chi connectivity index (χ4v) is 3.40. The minimum absolute atomic E-state index is 0.0228. The molecule has 3 rings (SSSR count). The number of fused-ring (bicyclic) bond motifs is 1. The summed E-state index contributed by atoms with van der Waals surface area (Å²) in [7, 11) is 0. The van der Waals surface area contributed by atoms with E-state index in [0.29, 0.717) is 5.92 Å². The van der Waals surface area contributed by atoms with Crippen LogP contribution in [0.25, 0.3) is 0 Å². The summed E-state index contributed by atoms with van der Waals surface area (Å²) in [6.07, 6.45) is 7.62. The molecule has 1 saturated carbocycles. The first-order chi connectivity index (χ1) is 9.22. The van der Waals surface area contributed by atoms with E-state index in [1.807, 2.05) is 0 Å². The van der Waals surface area contributed by atoms with Gasteiger partial charge in [0, 0.05) is 0 Å². The van der Waals surface area contributed by atoms with Crippen molar-refractivity contribution in [3.8, 4) is 5.75 Å². The van der Waals surface area contributed by atoms with E-state index in [1.165, 1.54) is 36.8 Å². The van der Waals surface area contributed by atoms with Crippen LogP contribution >= 0.6 is 0 Å². The highest BCUT2D eigenvalue weighted by molar-refractivity contribution is 5.37. The van der Waals surface area contributed by atoms with Crippen LogP contribution in [0.3, 0.4) is 0 Å². The number of aryl methyl sites for hydroxylation is 2. The second kappa shape index (κ2) is 5.54. The quantitative estimate of drug-likeness (QED) is 0.882. The zero-order chi connectivity index (χ0) is 13.2. The van der Waals surface area contributed by atoms with Crippen LogP contribution in [0.15, 0.2) is 18.2 Å².